The van der Waals surface area contributed by atoms with Crippen molar-refractivity contribution < 1.29 is 9.21 Å². The molecule has 4 aromatic rings. The second kappa shape index (κ2) is 6.53. The number of benzene rings is 3. The molecule has 0 bridgehead atoms. The van der Waals surface area contributed by atoms with Crippen molar-refractivity contribution in [3.63, 3.8) is 0 Å². The van der Waals surface area contributed by atoms with Gasteiger partial charge in [0.15, 0.2) is 5.58 Å². The van der Waals surface area contributed by atoms with Gasteiger partial charge in [0, 0.05) is 21.3 Å². The van der Waals surface area contributed by atoms with Gasteiger partial charge in [-0.15, -0.1) is 0 Å². The van der Waals surface area contributed by atoms with E-state index in [1.165, 1.54) is 0 Å². The molecule has 0 spiro atoms. The molecular formula is C20H13BrN2O2. The lowest BCUT2D eigenvalue weighted by atomic mass is 10.2. The SMILES string of the molecule is O=C(Nc1ccc2oc(-c3ccccc3)nc2c1)c1cccc(Br)c1. The number of rotatable bonds is 3. The van der Waals surface area contributed by atoms with Crippen LogP contribution in [-0.4, -0.2) is 10.9 Å². The van der Waals surface area contributed by atoms with Gasteiger partial charge in [-0.05, 0) is 48.5 Å². The number of amides is 1. The highest BCUT2D eigenvalue weighted by Crippen LogP contribution is 2.26. The molecule has 0 saturated heterocycles. The van der Waals surface area contributed by atoms with Gasteiger partial charge >= 0.3 is 0 Å². The van der Waals surface area contributed by atoms with E-state index in [1.54, 1.807) is 24.3 Å². The van der Waals surface area contributed by atoms with Gasteiger partial charge in [-0.1, -0.05) is 40.2 Å². The van der Waals surface area contributed by atoms with Gasteiger partial charge in [0.25, 0.3) is 5.91 Å². The minimum atomic E-state index is -0.174. The second-order valence-corrected chi connectivity index (χ2v) is 6.45. The highest BCUT2D eigenvalue weighted by atomic mass is 79.9. The maximum atomic E-state index is 12.4. The zero-order valence-corrected chi connectivity index (χ0v) is 14.7. The van der Waals surface area contributed by atoms with Gasteiger partial charge in [-0.2, -0.15) is 0 Å². The summed E-state index contributed by atoms with van der Waals surface area (Å²) in [6, 6.07) is 22.4. The zero-order valence-electron chi connectivity index (χ0n) is 13.1. The Morgan fingerprint density at radius 1 is 0.960 bits per heavy atom. The maximum Gasteiger partial charge on any atom is 0.255 e. The number of hydrogen-bond donors (Lipinski definition) is 1. The first-order valence-corrected chi connectivity index (χ1v) is 8.51. The van der Waals surface area contributed by atoms with Crippen molar-refractivity contribution in [2.75, 3.05) is 5.32 Å². The molecule has 25 heavy (non-hydrogen) atoms. The summed E-state index contributed by atoms with van der Waals surface area (Å²) < 4.78 is 6.65. The fourth-order valence-corrected chi connectivity index (χ4v) is 2.94. The number of nitrogens with one attached hydrogen (secondary N) is 1. The smallest absolute Gasteiger partial charge is 0.255 e. The van der Waals surface area contributed by atoms with Gasteiger partial charge in [-0.25, -0.2) is 4.98 Å². The third-order valence-electron chi connectivity index (χ3n) is 3.75. The highest BCUT2D eigenvalue weighted by molar-refractivity contribution is 9.10. The maximum absolute atomic E-state index is 12.4. The molecule has 0 saturated carbocycles. The van der Waals surface area contributed by atoms with Crippen LogP contribution in [0.3, 0.4) is 0 Å². The van der Waals surface area contributed by atoms with E-state index in [2.05, 4.69) is 26.2 Å². The molecule has 1 amide bonds. The molecule has 0 atom stereocenters. The van der Waals surface area contributed by atoms with Crippen LogP contribution < -0.4 is 5.32 Å². The van der Waals surface area contributed by atoms with Gasteiger partial charge in [0.05, 0.1) is 0 Å². The predicted molar refractivity (Wildman–Crippen MR) is 102 cm³/mol. The van der Waals surface area contributed by atoms with Gasteiger partial charge in [0.2, 0.25) is 5.89 Å². The molecule has 1 N–H and O–H groups in total. The van der Waals surface area contributed by atoms with E-state index < -0.39 is 0 Å². The Balaban J connectivity index is 1.62. The Labute approximate surface area is 152 Å². The summed E-state index contributed by atoms with van der Waals surface area (Å²) in [7, 11) is 0. The molecule has 3 aromatic carbocycles. The molecule has 4 nitrogen and oxygen atoms in total. The van der Waals surface area contributed by atoms with E-state index in [1.807, 2.05) is 48.5 Å². The molecule has 0 unspecified atom stereocenters. The van der Waals surface area contributed by atoms with Crippen molar-refractivity contribution in [2.45, 2.75) is 0 Å². The van der Waals surface area contributed by atoms with E-state index >= 15 is 0 Å². The number of oxazole rings is 1. The van der Waals surface area contributed by atoms with Crippen LogP contribution >= 0.6 is 15.9 Å². The number of halogens is 1. The fraction of sp³-hybridized carbons (Fsp3) is 0. The molecular weight excluding hydrogens is 380 g/mol. The summed E-state index contributed by atoms with van der Waals surface area (Å²) in [5.41, 5.74) is 3.55. The Morgan fingerprint density at radius 3 is 2.60 bits per heavy atom. The summed E-state index contributed by atoms with van der Waals surface area (Å²) >= 11 is 3.37. The predicted octanol–water partition coefficient (Wildman–Crippen LogP) is 5.51. The van der Waals surface area contributed by atoms with Crippen LogP contribution in [-0.2, 0) is 0 Å². The molecule has 0 aliphatic carbocycles. The van der Waals surface area contributed by atoms with Crippen molar-refractivity contribution in [3.8, 4) is 11.5 Å². The largest absolute Gasteiger partial charge is 0.436 e. The third-order valence-corrected chi connectivity index (χ3v) is 4.25. The highest BCUT2D eigenvalue weighted by Gasteiger charge is 2.11. The van der Waals surface area contributed by atoms with Crippen LogP contribution in [0, 0.1) is 0 Å². The van der Waals surface area contributed by atoms with E-state index in [9.17, 15) is 4.79 Å². The third kappa shape index (κ3) is 3.32. The molecule has 0 aliphatic heterocycles. The standard InChI is InChI=1S/C20H13BrN2O2/c21-15-8-4-7-14(11-15)19(24)22-16-9-10-18-17(12-16)23-20(25-18)13-5-2-1-3-6-13/h1-12H,(H,22,24). The first-order valence-electron chi connectivity index (χ1n) is 7.72. The summed E-state index contributed by atoms with van der Waals surface area (Å²) in [5.74, 6) is 0.387. The van der Waals surface area contributed by atoms with E-state index in [0.29, 0.717) is 28.2 Å². The number of carbonyl (C=O) groups is 1. The Bertz CT molecular complexity index is 1060. The van der Waals surface area contributed by atoms with E-state index in [4.69, 9.17) is 4.42 Å². The molecule has 1 heterocycles. The lowest BCUT2D eigenvalue weighted by Crippen LogP contribution is -2.11. The monoisotopic (exact) mass is 392 g/mol. The van der Waals surface area contributed by atoms with Crippen LogP contribution in [0.15, 0.2) is 81.7 Å². The first kappa shape index (κ1) is 15.6. The van der Waals surface area contributed by atoms with Crippen molar-refractivity contribution in [1.29, 1.82) is 0 Å². The van der Waals surface area contributed by atoms with Crippen LogP contribution in [0.4, 0.5) is 5.69 Å². The second-order valence-electron chi connectivity index (χ2n) is 5.53. The summed E-state index contributed by atoms with van der Waals surface area (Å²) in [6.45, 7) is 0. The van der Waals surface area contributed by atoms with Crippen molar-refractivity contribution in [2.24, 2.45) is 0 Å². The van der Waals surface area contributed by atoms with E-state index in [-0.39, 0.29) is 5.91 Å². The molecule has 122 valence electrons. The topological polar surface area (TPSA) is 55.1 Å². The first-order chi connectivity index (χ1) is 12.2. The Kier molecular flexibility index (Phi) is 4.07. The molecule has 5 heteroatoms. The zero-order chi connectivity index (χ0) is 17.2. The summed E-state index contributed by atoms with van der Waals surface area (Å²) in [4.78, 5) is 16.9. The van der Waals surface area contributed by atoms with Crippen LogP contribution in [0.2, 0.25) is 0 Å². The van der Waals surface area contributed by atoms with Crippen molar-refractivity contribution in [3.05, 3.63) is 82.8 Å². The van der Waals surface area contributed by atoms with Crippen LogP contribution in [0.1, 0.15) is 10.4 Å². The number of nitrogens with zero attached hydrogens (tertiary/aromatic N) is 1. The molecule has 1 aromatic heterocycles. The average Bonchev–Trinajstić information content (AvgIpc) is 3.06. The summed E-state index contributed by atoms with van der Waals surface area (Å²) in [5, 5.41) is 2.89. The van der Waals surface area contributed by atoms with Gasteiger partial charge in [-0.3, -0.25) is 4.79 Å². The number of fused-ring (bicyclic) bond motifs is 1. The van der Waals surface area contributed by atoms with Gasteiger partial charge < -0.3 is 9.73 Å². The Hall–Kier alpha value is -2.92. The normalized spacial score (nSPS) is 10.8. The van der Waals surface area contributed by atoms with Gasteiger partial charge in [0.1, 0.15) is 5.52 Å². The van der Waals surface area contributed by atoms with E-state index in [0.717, 1.165) is 10.0 Å². The minimum Gasteiger partial charge on any atom is -0.436 e. The number of carbonyl (C=O) groups excluding carboxylic acids is 1. The lowest BCUT2D eigenvalue weighted by Gasteiger charge is -2.05. The molecule has 0 fully saturated rings. The number of anilines is 1. The summed E-state index contributed by atoms with van der Waals surface area (Å²) in [6.07, 6.45) is 0. The molecule has 4 rings (SSSR count). The van der Waals surface area contributed by atoms with Crippen molar-refractivity contribution in [1.82, 2.24) is 4.98 Å². The minimum absolute atomic E-state index is 0.174. The molecule has 0 radical (unpaired) electrons. The van der Waals surface area contributed by atoms with Crippen LogP contribution in [0.25, 0.3) is 22.6 Å². The number of hydrogen-bond acceptors (Lipinski definition) is 3. The quantitative estimate of drug-likeness (QED) is 0.499. The molecule has 0 aliphatic rings. The number of aromatic nitrogens is 1. The lowest BCUT2D eigenvalue weighted by molar-refractivity contribution is 0.102. The van der Waals surface area contributed by atoms with Crippen molar-refractivity contribution >= 4 is 38.6 Å². The Morgan fingerprint density at radius 2 is 1.80 bits per heavy atom. The fourth-order valence-electron chi connectivity index (χ4n) is 2.54. The average molecular weight is 393 g/mol. The van der Waals surface area contributed by atoms with Crippen LogP contribution in [0.5, 0.6) is 0 Å².